The second kappa shape index (κ2) is 4.04. The van der Waals surface area contributed by atoms with E-state index in [4.69, 9.17) is 4.84 Å². The molecular weight excluding hydrogens is 194 g/mol. The van der Waals surface area contributed by atoms with Crippen molar-refractivity contribution in [2.75, 3.05) is 6.54 Å². The van der Waals surface area contributed by atoms with Crippen LogP contribution in [0, 0.1) is 11.3 Å². The first-order valence-corrected chi connectivity index (χ1v) is 5.02. The van der Waals surface area contributed by atoms with Crippen LogP contribution in [0.5, 0.6) is 0 Å². The third kappa shape index (κ3) is 2.58. The van der Waals surface area contributed by atoms with Crippen LogP contribution >= 0.6 is 0 Å². The SMILES string of the molecule is C=C[C@H]1CCN(OC(=O)C(C)(C)C)C1=O. The Balaban J connectivity index is 2.58. The molecule has 15 heavy (non-hydrogen) atoms. The van der Waals surface area contributed by atoms with Gasteiger partial charge in [0.2, 0.25) is 0 Å². The van der Waals surface area contributed by atoms with Crippen LogP contribution in [0.1, 0.15) is 27.2 Å². The van der Waals surface area contributed by atoms with E-state index in [9.17, 15) is 9.59 Å². The van der Waals surface area contributed by atoms with Gasteiger partial charge in [0.1, 0.15) is 0 Å². The number of rotatable bonds is 2. The van der Waals surface area contributed by atoms with E-state index < -0.39 is 5.41 Å². The molecule has 0 aromatic carbocycles. The van der Waals surface area contributed by atoms with Gasteiger partial charge in [-0.2, -0.15) is 5.06 Å². The van der Waals surface area contributed by atoms with Crippen molar-refractivity contribution in [2.24, 2.45) is 11.3 Å². The minimum absolute atomic E-state index is 0.178. The number of nitrogens with zero attached hydrogens (tertiary/aromatic N) is 1. The van der Waals surface area contributed by atoms with Crippen molar-refractivity contribution >= 4 is 11.9 Å². The van der Waals surface area contributed by atoms with Crippen LogP contribution in [-0.2, 0) is 14.4 Å². The normalized spacial score (nSPS) is 21.7. The van der Waals surface area contributed by atoms with Gasteiger partial charge in [-0.3, -0.25) is 4.79 Å². The van der Waals surface area contributed by atoms with Crippen LogP contribution in [0.15, 0.2) is 12.7 Å². The van der Waals surface area contributed by atoms with Gasteiger partial charge >= 0.3 is 5.97 Å². The molecule has 84 valence electrons. The van der Waals surface area contributed by atoms with Crippen molar-refractivity contribution < 1.29 is 14.4 Å². The zero-order chi connectivity index (χ0) is 11.6. The second-order valence-corrected chi connectivity index (χ2v) is 4.70. The van der Waals surface area contributed by atoms with Gasteiger partial charge in [-0.05, 0) is 27.2 Å². The topological polar surface area (TPSA) is 46.6 Å². The fourth-order valence-corrected chi connectivity index (χ4v) is 1.22. The van der Waals surface area contributed by atoms with Crippen LogP contribution in [0.4, 0.5) is 0 Å². The maximum absolute atomic E-state index is 11.6. The second-order valence-electron chi connectivity index (χ2n) is 4.70. The molecule has 0 N–H and O–H groups in total. The van der Waals surface area contributed by atoms with E-state index >= 15 is 0 Å². The van der Waals surface area contributed by atoms with Crippen molar-refractivity contribution in [3.05, 3.63) is 12.7 Å². The maximum atomic E-state index is 11.6. The first-order chi connectivity index (χ1) is 6.86. The van der Waals surface area contributed by atoms with Gasteiger partial charge in [-0.25, -0.2) is 4.79 Å². The molecule has 1 rings (SSSR count). The molecular formula is C11H17NO3. The van der Waals surface area contributed by atoms with Gasteiger partial charge in [0.05, 0.1) is 17.9 Å². The molecule has 1 aliphatic heterocycles. The first-order valence-electron chi connectivity index (χ1n) is 5.02. The van der Waals surface area contributed by atoms with Crippen molar-refractivity contribution in [3.8, 4) is 0 Å². The zero-order valence-electron chi connectivity index (χ0n) is 9.45. The Labute approximate surface area is 89.8 Å². The number of hydroxylamine groups is 2. The molecule has 1 fully saturated rings. The Hall–Kier alpha value is -1.32. The monoisotopic (exact) mass is 211 g/mol. The van der Waals surface area contributed by atoms with E-state index in [-0.39, 0.29) is 17.8 Å². The molecule has 0 aromatic heterocycles. The van der Waals surface area contributed by atoms with Gasteiger partial charge in [0.15, 0.2) is 0 Å². The standard InChI is InChI=1S/C11H17NO3/c1-5-8-6-7-12(9(8)13)15-10(14)11(2,3)4/h5,8H,1,6-7H2,2-4H3/t8-/m0/s1. The third-order valence-corrected chi connectivity index (χ3v) is 2.30. The summed E-state index contributed by atoms with van der Waals surface area (Å²) in [6.45, 7) is 9.28. The van der Waals surface area contributed by atoms with Gasteiger partial charge in [0, 0.05) is 0 Å². The summed E-state index contributed by atoms with van der Waals surface area (Å²) in [6.07, 6.45) is 2.26. The number of amides is 1. The van der Waals surface area contributed by atoms with Gasteiger partial charge in [0.25, 0.3) is 5.91 Å². The highest BCUT2D eigenvalue weighted by Crippen LogP contribution is 2.22. The fraction of sp³-hybridized carbons (Fsp3) is 0.636. The average Bonchev–Trinajstić information content (AvgIpc) is 2.46. The minimum Gasteiger partial charge on any atom is -0.338 e. The van der Waals surface area contributed by atoms with E-state index in [1.807, 2.05) is 0 Å². The number of carbonyl (C=O) groups excluding carboxylic acids is 2. The molecule has 0 spiro atoms. The molecule has 0 saturated carbocycles. The van der Waals surface area contributed by atoms with Gasteiger partial charge in [-0.15, -0.1) is 6.58 Å². The Morgan fingerprint density at radius 1 is 1.60 bits per heavy atom. The van der Waals surface area contributed by atoms with Crippen molar-refractivity contribution in [2.45, 2.75) is 27.2 Å². The molecule has 4 heteroatoms. The van der Waals surface area contributed by atoms with E-state index in [0.717, 1.165) is 5.06 Å². The maximum Gasteiger partial charge on any atom is 0.337 e. The smallest absolute Gasteiger partial charge is 0.337 e. The zero-order valence-corrected chi connectivity index (χ0v) is 9.45. The summed E-state index contributed by atoms with van der Waals surface area (Å²) in [5.41, 5.74) is -0.591. The van der Waals surface area contributed by atoms with Gasteiger partial charge in [-0.1, -0.05) is 6.08 Å². The fourth-order valence-electron chi connectivity index (χ4n) is 1.22. The lowest BCUT2D eigenvalue weighted by Gasteiger charge is -2.21. The largest absolute Gasteiger partial charge is 0.338 e. The summed E-state index contributed by atoms with van der Waals surface area (Å²) in [6, 6.07) is 0. The van der Waals surface area contributed by atoms with Crippen molar-refractivity contribution in [1.29, 1.82) is 0 Å². The predicted octanol–water partition coefficient (Wildman–Crippen LogP) is 1.53. The highest BCUT2D eigenvalue weighted by molar-refractivity contribution is 5.84. The Bertz CT molecular complexity index is 291. The van der Waals surface area contributed by atoms with Gasteiger partial charge < -0.3 is 4.84 Å². The number of hydrogen-bond donors (Lipinski definition) is 0. The molecule has 4 nitrogen and oxygen atoms in total. The van der Waals surface area contributed by atoms with E-state index in [1.165, 1.54) is 0 Å². The Morgan fingerprint density at radius 3 is 2.60 bits per heavy atom. The molecule has 1 aliphatic rings. The summed E-state index contributed by atoms with van der Waals surface area (Å²) in [4.78, 5) is 28.1. The van der Waals surface area contributed by atoms with Crippen LogP contribution < -0.4 is 0 Å². The lowest BCUT2D eigenvalue weighted by molar-refractivity contribution is -0.200. The highest BCUT2D eigenvalue weighted by Gasteiger charge is 2.35. The summed E-state index contributed by atoms with van der Waals surface area (Å²) in [5.74, 6) is -0.777. The summed E-state index contributed by atoms with van der Waals surface area (Å²) >= 11 is 0. The molecule has 0 unspecified atom stereocenters. The summed E-state index contributed by atoms with van der Waals surface area (Å²) in [5, 5.41) is 1.14. The molecule has 1 saturated heterocycles. The predicted molar refractivity (Wildman–Crippen MR) is 55.6 cm³/mol. The van der Waals surface area contributed by atoms with Crippen LogP contribution in [-0.4, -0.2) is 23.5 Å². The molecule has 0 bridgehead atoms. The minimum atomic E-state index is -0.591. The van der Waals surface area contributed by atoms with E-state index in [2.05, 4.69) is 6.58 Å². The third-order valence-electron chi connectivity index (χ3n) is 2.30. The Morgan fingerprint density at radius 2 is 2.20 bits per heavy atom. The summed E-state index contributed by atoms with van der Waals surface area (Å²) < 4.78 is 0. The average molecular weight is 211 g/mol. The lowest BCUT2D eigenvalue weighted by atomic mass is 9.98. The number of hydrogen-bond acceptors (Lipinski definition) is 3. The van der Waals surface area contributed by atoms with Crippen molar-refractivity contribution in [3.63, 3.8) is 0 Å². The molecule has 1 atom stereocenters. The van der Waals surface area contributed by atoms with Crippen LogP contribution in [0.2, 0.25) is 0 Å². The molecule has 0 aromatic rings. The van der Waals surface area contributed by atoms with Crippen LogP contribution in [0.25, 0.3) is 0 Å². The Kier molecular flexibility index (Phi) is 3.17. The molecule has 1 amide bonds. The quantitative estimate of drug-likeness (QED) is 0.651. The lowest BCUT2D eigenvalue weighted by Crippen LogP contribution is -2.35. The van der Waals surface area contributed by atoms with Crippen LogP contribution in [0.3, 0.4) is 0 Å². The summed E-state index contributed by atoms with van der Waals surface area (Å²) in [7, 11) is 0. The molecule has 0 radical (unpaired) electrons. The highest BCUT2D eigenvalue weighted by atomic mass is 16.7. The van der Waals surface area contributed by atoms with Crippen molar-refractivity contribution in [1.82, 2.24) is 5.06 Å². The molecule has 1 heterocycles. The molecule has 0 aliphatic carbocycles. The van der Waals surface area contributed by atoms with E-state index in [0.29, 0.717) is 13.0 Å². The first kappa shape index (κ1) is 11.8. The van der Waals surface area contributed by atoms with E-state index in [1.54, 1.807) is 26.8 Å². The number of carbonyl (C=O) groups is 2.